The van der Waals surface area contributed by atoms with Crippen LogP contribution in [0.4, 0.5) is 0 Å². The summed E-state index contributed by atoms with van der Waals surface area (Å²) < 4.78 is 3.05. The molecule has 20 heavy (non-hydrogen) atoms. The van der Waals surface area contributed by atoms with Crippen molar-refractivity contribution in [2.45, 2.75) is 19.7 Å². The van der Waals surface area contributed by atoms with E-state index in [1.54, 1.807) is 0 Å². The van der Waals surface area contributed by atoms with Gasteiger partial charge in [0.05, 0.1) is 11.6 Å². The van der Waals surface area contributed by atoms with Gasteiger partial charge in [-0.05, 0) is 43.2 Å². The van der Waals surface area contributed by atoms with E-state index in [2.05, 4.69) is 45.0 Å². The lowest BCUT2D eigenvalue weighted by atomic mass is 10.2. The third-order valence-electron chi connectivity index (χ3n) is 3.23. The number of hydrogen-bond donors (Lipinski definition) is 0. The first-order valence-electron chi connectivity index (χ1n) is 6.26. The summed E-state index contributed by atoms with van der Waals surface area (Å²) in [6.45, 7) is 4.08. The molecule has 0 spiro atoms. The Morgan fingerprint density at radius 3 is 2.80 bits per heavy atom. The Morgan fingerprint density at radius 2 is 2.05 bits per heavy atom. The van der Waals surface area contributed by atoms with Crippen LogP contribution in [-0.2, 0) is 5.88 Å². The van der Waals surface area contributed by atoms with Crippen LogP contribution in [0.25, 0.3) is 16.9 Å². The Hall–Kier alpha value is -1.39. The van der Waals surface area contributed by atoms with Crippen molar-refractivity contribution in [3.8, 4) is 5.69 Å². The first kappa shape index (κ1) is 13.6. The number of aryl methyl sites for hydroxylation is 2. The van der Waals surface area contributed by atoms with Crippen molar-refractivity contribution >= 4 is 38.7 Å². The summed E-state index contributed by atoms with van der Waals surface area (Å²) in [5.41, 5.74) is 5.01. The zero-order chi connectivity index (χ0) is 14.3. The van der Waals surface area contributed by atoms with Crippen molar-refractivity contribution < 1.29 is 0 Å². The summed E-state index contributed by atoms with van der Waals surface area (Å²) in [5, 5.41) is 0. The molecular formula is C15H13BrClN3. The first-order valence-corrected chi connectivity index (χ1v) is 7.59. The second-order valence-corrected chi connectivity index (χ2v) is 5.97. The van der Waals surface area contributed by atoms with Gasteiger partial charge < -0.3 is 0 Å². The summed E-state index contributed by atoms with van der Waals surface area (Å²) >= 11 is 9.58. The molecule has 0 aliphatic heterocycles. The molecule has 1 aromatic carbocycles. The molecular weight excluding hydrogens is 338 g/mol. The van der Waals surface area contributed by atoms with Crippen LogP contribution in [0.3, 0.4) is 0 Å². The smallest absolute Gasteiger partial charge is 0.164 e. The number of imidazole rings is 1. The van der Waals surface area contributed by atoms with E-state index in [0.717, 1.165) is 38.3 Å². The molecule has 0 aliphatic rings. The molecule has 0 atom stereocenters. The average Bonchev–Trinajstić information content (AvgIpc) is 2.78. The quantitative estimate of drug-likeness (QED) is 0.635. The highest BCUT2D eigenvalue weighted by atomic mass is 79.9. The van der Waals surface area contributed by atoms with E-state index in [4.69, 9.17) is 11.6 Å². The number of aromatic nitrogens is 3. The minimum Gasteiger partial charge on any atom is -0.279 e. The standard InChI is InChI=1S/C15H13BrClN3/c1-9-5-12-15(18-8-9)20(14(7-17)19-12)13-6-11(16)4-3-10(13)2/h3-6,8H,7H2,1-2H3. The van der Waals surface area contributed by atoms with Crippen molar-refractivity contribution in [1.82, 2.24) is 14.5 Å². The van der Waals surface area contributed by atoms with Gasteiger partial charge in [-0.25, -0.2) is 9.97 Å². The van der Waals surface area contributed by atoms with E-state index in [9.17, 15) is 0 Å². The molecule has 102 valence electrons. The fourth-order valence-corrected chi connectivity index (χ4v) is 2.81. The third-order valence-corrected chi connectivity index (χ3v) is 3.97. The highest BCUT2D eigenvalue weighted by Gasteiger charge is 2.14. The van der Waals surface area contributed by atoms with Crippen molar-refractivity contribution in [3.05, 3.63) is 51.9 Å². The number of benzene rings is 1. The van der Waals surface area contributed by atoms with Gasteiger partial charge in [-0.2, -0.15) is 0 Å². The SMILES string of the molecule is Cc1cnc2c(c1)nc(CCl)n2-c1cc(Br)ccc1C. The van der Waals surface area contributed by atoms with Gasteiger partial charge in [-0.1, -0.05) is 22.0 Å². The Balaban J connectivity index is 2.37. The van der Waals surface area contributed by atoms with Crippen LogP contribution < -0.4 is 0 Å². The summed E-state index contributed by atoms with van der Waals surface area (Å²) in [4.78, 5) is 9.12. The van der Waals surface area contributed by atoms with Gasteiger partial charge in [0.15, 0.2) is 5.65 Å². The maximum absolute atomic E-state index is 6.06. The lowest BCUT2D eigenvalue weighted by Crippen LogP contribution is -2.02. The average molecular weight is 351 g/mol. The highest BCUT2D eigenvalue weighted by Crippen LogP contribution is 2.26. The normalized spacial score (nSPS) is 11.2. The Morgan fingerprint density at radius 1 is 1.25 bits per heavy atom. The van der Waals surface area contributed by atoms with Crippen LogP contribution >= 0.6 is 27.5 Å². The lowest BCUT2D eigenvalue weighted by Gasteiger charge is -2.11. The van der Waals surface area contributed by atoms with Crippen LogP contribution in [0.1, 0.15) is 17.0 Å². The Kier molecular flexibility index (Phi) is 3.52. The zero-order valence-corrected chi connectivity index (χ0v) is 13.5. The van der Waals surface area contributed by atoms with E-state index in [1.165, 1.54) is 0 Å². The Bertz CT molecular complexity index is 795. The molecule has 0 fully saturated rings. The second kappa shape index (κ2) is 5.19. The molecule has 3 rings (SSSR count). The largest absolute Gasteiger partial charge is 0.279 e. The van der Waals surface area contributed by atoms with Crippen LogP contribution in [0, 0.1) is 13.8 Å². The number of nitrogens with zero attached hydrogens (tertiary/aromatic N) is 3. The minimum atomic E-state index is 0.349. The van der Waals surface area contributed by atoms with Crippen LogP contribution in [-0.4, -0.2) is 14.5 Å². The van der Waals surface area contributed by atoms with Gasteiger partial charge in [-0.3, -0.25) is 4.57 Å². The van der Waals surface area contributed by atoms with Gasteiger partial charge in [0.2, 0.25) is 0 Å². The molecule has 0 N–H and O–H groups in total. The van der Waals surface area contributed by atoms with E-state index in [0.29, 0.717) is 5.88 Å². The predicted octanol–water partition coefficient (Wildman–Crippen LogP) is 4.54. The molecule has 2 aromatic heterocycles. The molecule has 0 unspecified atom stereocenters. The number of pyridine rings is 1. The van der Waals surface area contributed by atoms with E-state index in [-0.39, 0.29) is 0 Å². The van der Waals surface area contributed by atoms with Crippen LogP contribution in [0.5, 0.6) is 0 Å². The molecule has 3 nitrogen and oxygen atoms in total. The summed E-state index contributed by atoms with van der Waals surface area (Å²) in [5.74, 6) is 1.16. The molecule has 0 saturated heterocycles. The van der Waals surface area contributed by atoms with Crippen molar-refractivity contribution in [2.24, 2.45) is 0 Å². The fourth-order valence-electron chi connectivity index (χ4n) is 2.28. The van der Waals surface area contributed by atoms with E-state index in [1.807, 2.05) is 29.8 Å². The fraction of sp³-hybridized carbons (Fsp3) is 0.200. The lowest BCUT2D eigenvalue weighted by molar-refractivity contribution is 0.959. The predicted molar refractivity (Wildman–Crippen MR) is 85.6 cm³/mol. The number of halogens is 2. The zero-order valence-electron chi connectivity index (χ0n) is 11.2. The van der Waals surface area contributed by atoms with Gasteiger partial charge >= 0.3 is 0 Å². The molecule has 0 radical (unpaired) electrons. The molecule has 0 amide bonds. The second-order valence-electron chi connectivity index (χ2n) is 4.78. The third kappa shape index (κ3) is 2.23. The molecule has 2 heterocycles. The van der Waals surface area contributed by atoms with Crippen molar-refractivity contribution in [2.75, 3.05) is 0 Å². The monoisotopic (exact) mass is 349 g/mol. The van der Waals surface area contributed by atoms with Gasteiger partial charge in [0.1, 0.15) is 11.3 Å². The minimum absolute atomic E-state index is 0.349. The molecule has 0 saturated carbocycles. The number of hydrogen-bond acceptors (Lipinski definition) is 2. The van der Waals surface area contributed by atoms with Crippen molar-refractivity contribution in [3.63, 3.8) is 0 Å². The molecule has 3 aromatic rings. The summed E-state index contributed by atoms with van der Waals surface area (Å²) in [6.07, 6.45) is 1.85. The molecule has 0 bridgehead atoms. The van der Waals surface area contributed by atoms with Gasteiger partial charge in [-0.15, -0.1) is 11.6 Å². The van der Waals surface area contributed by atoms with E-state index < -0.39 is 0 Å². The van der Waals surface area contributed by atoms with Crippen molar-refractivity contribution in [1.29, 1.82) is 0 Å². The highest BCUT2D eigenvalue weighted by molar-refractivity contribution is 9.10. The van der Waals surface area contributed by atoms with Crippen LogP contribution in [0.2, 0.25) is 0 Å². The van der Waals surface area contributed by atoms with Gasteiger partial charge in [0, 0.05) is 10.7 Å². The summed E-state index contributed by atoms with van der Waals surface area (Å²) in [7, 11) is 0. The number of alkyl halides is 1. The maximum atomic E-state index is 6.06. The summed E-state index contributed by atoms with van der Waals surface area (Å²) in [6, 6.07) is 8.18. The van der Waals surface area contributed by atoms with E-state index >= 15 is 0 Å². The van der Waals surface area contributed by atoms with Crippen LogP contribution in [0.15, 0.2) is 34.9 Å². The molecule has 0 aliphatic carbocycles. The number of rotatable bonds is 2. The number of fused-ring (bicyclic) bond motifs is 1. The maximum Gasteiger partial charge on any atom is 0.164 e. The first-order chi connectivity index (χ1) is 9.60. The topological polar surface area (TPSA) is 30.7 Å². The van der Waals surface area contributed by atoms with Gasteiger partial charge in [0.25, 0.3) is 0 Å². The molecule has 5 heteroatoms. The Labute approximate surface area is 130 Å².